The highest BCUT2D eigenvalue weighted by Crippen LogP contribution is 2.29. The molecule has 0 aliphatic carbocycles. The summed E-state index contributed by atoms with van der Waals surface area (Å²) in [6, 6.07) is 1.34. The molecule has 0 unspecified atom stereocenters. The molecule has 0 radical (unpaired) electrons. The van der Waals surface area contributed by atoms with Crippen molar-refractivity contribution in [1.82, 2.24) is 14.9 Å². The summed E-state index contributed by atoms with van der Waals surface area (Å²) < 4.78 is 4.93. The standard InChI is InChI=1S/C13H19N3O3/c1-9-8-11(17)15-13(14-9)10-4-3-6-16(10)12(18)5-7-19-2/h8,10H,3-7H2,1-2H3,(H,14,15,17)/t10-/m1/s1. The van der Waals surface area contributed by atoms with Crippen LogP contribution in [0.1, 0.15) is 36.8 Å². The zero-order valence-corrected chi connectivity index (χ0v) is 11.3. The number of likely N-dealkylation sites (tertiary alicyclic amines) is 1. The lowest BCUT2D eigenvalue weighted by Gasteiger charge is -2.24. The molecule has 1 atom stereocenters. The lowest BCUT2D eigenvalue weighted by atomic mass is 10.2. The second-order valence-corrected chi connectivity index (χ2v) is 4.76. The maximum atomic E-state index is 12.1. The monoisotopic (exact) mass is 265 g/mol. The van der Waals surface area contributed by atoms with E-state index in [0.29, 0.717) is 31.1 Å². The Morgan fingerprint density at radius 3 is 3.11 bits per heavy atom. The fourth-order valence-corrected chi connectivity index (χ4v) is 2.44. The molecule has 2 heterocycles. The average Bonchev–Trinajstić information content (AvgIpc) is 2.84. The van der Waals surface area contributed by atoms with Gasteiger partial charge < -0.3 is 14.6 Å². The van der Waals surface area contributed by atoms with Crippen LogP contribution in [0.2, 0.25) is 0 Å². The predicted molar refractivity (Wildman–Crippen MR) is 69.8 cm³/mol. The number of ether oxygens (including phenoxy) is 1. The first-order chi connectivity index (χ1) is 9.11. The van der Waals surface area contributed by atoms with E-state index in [1.807, 2.05) is 0 Å². The molecular weight excluding hydrogens is 246 g/mol. The Hall–Kier alpha value is -1.69. The van der Waals surface area contributed by atoms with Gasteiger partial charge in [-0.25, -0.2) is 4.98 Å². The molecule has 1 fully saturated rings. The minimum Gasteiger partial charge on any atom is -0.384 e. The molecule has 1 aromatic heterocycles. The van der Waals surface area contributed by atoms with E-state index in [-0.39, 0.29) is 17.5 Å². The van der Waals surface area contributed by atoms with Crippen LogP contribution in [0, 0.1) is 6.92 Å². The second-order valence-electron chi connectivity index (χ2n) is 4.76. The molecular formula is C13H19N3O3. The predicted octanol–water partition coefficient (Wildman–Crippen LogP) is 0.778. The van der Waals surface area contributed by atoms with Crippen molar-refractivity contribution in [2.75, 3.05) is 20.3 Å². The molecule has 1 aliphatic heterocycles. The Morgan fingerprint density at radius 1 is 1.63 bits per heavy atom. The van der Waals surface area contributed by atoms with Gasteiger partial charge in [-0.1, -0.05) is 0 Å². The van der Waals surface area contributed by atoms with Gasteiger partial charge in [-0.05, 0) is 19.8 Å². The number of hydrogen-bond acceptors (Lipinski definition) is 4. The summed E-state index contributed by atoms with van der Waals surface area (Å²) in [6.07, 6.45) is 2.13. The number of carbonyl (C=O) groups is 1. The van der Waals surface area contributed by atoms with Crippen molar-refractivity contribution in [3.63, 3.8) is 0 Å². The third-order valence-electron chi connectivity index (χ3n) is 3.30. The number of H-pyrrole nitrogens is 1. The van der Waals surface area contributed by atoms with Crippen molar-refractivity contribution < 1.29 is 9.53 Å². The number of nitrogens with zero attached hydrogens (tertiary/aromatic N) is 2. The molecule has 0 saturated carbocycles. The Bertz CT molecular complexity index is 512. The highest BCUT2D eigenvalue weighted by Gasteiger charge is 2.31. The maximum absolute atomic E-state index is 12.1. The topological polar surface area (TPSA) is 75.3 Å². The summed E-state index contributed by atoms with van der Waals surface area (Å²) in [5.74, 6) is 0.641. The van der Waals surface area contributed by atoms with Crippen LogP contribution in [0.15, 0.2) is 10.9 Å². The minimum atomic E-state index is -0.168. The van der Waals surface area contributed by atoms with Crippen LogP contribution < -0.4 is 5.56 Å². The quantitative estimate of drug-likeness (QED) is 0.873. The number of aromatic nitrogens is 2. The van der Waals surface area contributed by atoms with Crippen molar-refractivity contribution in [3.05, 3.63) is 27.9 Å². The van der Waals surface area contributed by atoms with E-state index in [9.17, 15) is 9.59 Å². The number of aromatic amines is 1. The van der Waals surface area contributed by atoms with E-state index >= 15 is 0 Å². The highest BCUT2D eigenvalue weighted by atomic mass is 16.5. The Balaban J connectivity index is 2.18. The van der Waals surface area contributed by atoms with Crippen molar-refractivity contribution in [3.8, 4) is 0 Å². The molecule has 1 aliphatic rings. The number of carbonyl (C=O) groups excluding carboxylic acids is 1. The van der Waals surface area contributed by atoms with E-state index in [4.69, 9.17) is 4.74 Å². The normalized spacial score (nSPS) is 18.8. The summed E-state index contributed by atoms with van der Waals surface area (Å²) in [4.78, 5) is 32.5. The molecule has 19 heavy (non-hydrogen) atoms. The van der Waals surface area contributed by atoms with Crippen LogP contribution in [0.3, 0.4) is 0 Å². The smallest absolute Gasteiger partial charge is 0.251 e. The SMILES string of the molecule is COCCC(=O)N1CCC[C@@H]1c1nc(C)cc(=O)[nH]1. The van der Waals surface area contributed by atoms with E-state index in [1.165, 1.54) is 6.07 Å². The molecule has 6 nitrogen and oxygen atoms in total. The summed E-state index contributed by atoms with van der Waals surface area (Å²) >= 11 is 0. The zero-order chi connectivity index (χ0) is 13.8. The molecule has 1 N–H and O–H groups in total. The first-order valence-electron chi connectivity index (χ1n) is 6.48. The summed E-state index contributed by atoms with van der Waals surface area (Å²) in [6.45, 7) is 2.91. The number of nitrogens with one attached hydrogen (secondary N) is 1. The van der Waals surface area contributed by atoms with Gasteiger partial charge in [0.05, 0.1) is 19.1 Å². The molecule has 1 amide bonds. The van der Waals surface area contributed by atoms with Crippen LogP contribution in [-0.2, 0) is 9.53 Å². The van der Waals surface area contributed by atoms with Gasteiger partial charge in [0.15, 0.2) is 0 Å². The fourth-order valence-electron chi connectivity index (χ4n) is 2.44. The summed E-state index contributed by atoms with van der Waals surface area (Å²) in [7, 11) is 1.58. The van der Waals surface area contributed by atoms with Crippen LogP contribution in [0.5, 0.6) is 0 Å². The maximum Gasteiger partial charge on any atom is 0.251 e. The van der Waals surface area contributed by atoms with Crippen molar-refractivity contribution >= 4 is 5.91 Å². The molecule has 0 bridgehead atoms. The average molecular weight is 265 g/mol. The number of methoxy groups -OCH3 is 1. The van der Waals surface area contributed by atoms with Gasteiger partial charge in [0.25, 0.3) is 5.56 Å². The molecule has 2 rings (SSSR count). The van der Waals surface area contributed by atoms with Crippen LogP contribution >= 0.6 is 0 Å². The fraction of sp³-hybridized carbons (Fsp3) is 0.615. The van der Waals surface area contributed by atoms with E-state index in [2.05, 4.69) is 9.97 Å². The first kappa shape index (κ1) is 13.7. The third-order valence-corrected chi connectivity index (χ3v) is 3.30. The second kappa shape index (κ2) is 5.97. The molecule has 1 saturated heterocycles. The first-order valence-corrected chi connectivity index (χ1v) is 6.48. The largest absolute Gasteiger partial charge is 0.384 e. The van der Waals surface area contributed by atoms with Gasteiger partial charge in [0.2, 0.25) is 5.91 Å². The van der Waals surface area contributed by atoms with Gasteiger partial charge in [-0.15, -0.1) is 0 Å². The molecule has 6 heteroatoms. The molecule has 104 valence electrons. The minimum absolute atomic E-state index is 0.0495. The third kappa shape index (κ3) is 3.20. The number of rotatable bonds is 4. The van der Waals surface area contributed by atoms with Crippen molar-refractivity contribution in [2.45, 2.75) is 32.2 Å². The Kier molecular flexibility index (Phi) is 4.31. The van der Waals surface area contributed by atoms with E-state index in [1.54, 1.807) is 18.9 Å². The number of aryl methyl sites for hydroxylation is 1. The Labute approximate surface area is 111 Å². The van der Waals surface area contributed by atoms with Crippen LogP contribution in [0.25, 0.3) is 0 Å². The van der Waals surface area contributed by atoms with E-state index in [0.717, 1.165) is 12.8 Å². The zero-order valence-electron chi connectivity index (χ0n) is 11.3. The van der Waals surface area contributed by atoms with E-state index < -0.39 is 0 Å². The molecule has 1 aromatic rings. The van der Waals surface area contributed by atoms with Crippen LogP contribution in [-0.4, -0.2) is 41.0 Å². The molecule has 0 aromatic carbocycles. The van der Waals surface area contributed by atoms with Gasteiger partial charge in [0, 0.05) is 25.4 Å². The summed E-state index contributed by atoms with van der Waals surface area (Å²) in [5.41, 5.74) is 0.508. The van der Waals surface area contributed by atoms with Crippen LogP contribution in [0.4, 0.5) is 0 Å². The molecule has 0 spiro atoms. The number of hydrogen-bond donors (Lipinski definition) is 1. The summed E-state index contributed by atoms with van der Waals surface area (Å²) in [5, 5.41) is 0. The number of amides is 1. The lowest BCUT2D eigenvalue weighted by molar-refractivity contribution is -0.133. The van der Waals surface area contributed by atoms with Gasteiger partial charge in [-0.3, -0.25) is 9.59 Å². The van der Waals surface area contributed by atoms with Gasteiger partial charge in [-0.2, -0.15) is 0 Å². The van der Waals surface area contributed by atoms with Crippen molar-refractivity contribution in [2.24, 2.45) is 0 Å². The van der Waals surface area contributed by atoms with Gasteiger partial charge in [0.1, 0.15) is 5.82 Å². The Morgan fingerprint density at radius 2 is 2.42 bits per heavy atom. The van der Waals surface area contributed by atoms with Crippen molar-refractivity contribution in [1.29, 1.82) is 0 Å². The highest BCUT2D eigenvalue weighted by molar-refractivity contribution is 5.77. The lowest BCUT2D eigenvalue weighted by Crippen LogP contribution is -2.33. The van der Waals surface area contributed by atoms with Gasteiger partial charge >= 0.3 is 0 Å².